The van der Waals surface area contributed by atoms with E-state index in [0.717, 1.165) is 26.8 Å². The molecule has 0 fully saturated rings. The molecule has 0 saturated carbocycles. The molecule has 4 rings (SSSR count). The van der Waals surface area contributed by atoms with E-state index in [1.807, 2.05) is 39.0 Å². The molecular formula is C30H27N3O6. The standard InChI is InChI=1S/C30H27N3O6/c1-16-10-12-20(18(3)14-16)24-25(34)21(26(35)31-28(24)37)8-6-5-7-9-22-27(36)32-30(39)33(29(22)38)23-13-11-17(2)15-19(23)4/h5-6,8-15,38H,1-4H3,(H,32,36,39)(H3,31,34,35,37). The zero-order valence-corrected chi connectivity index (χ0v) is 21.8. The summed E-state index contributed by atoms with van der Waals surface area (Å²) in [4.78, 5) is 41.9. The second kappa shape index (κ2) is 10.6. The maximum atomic E-state index is 12.5. The summed E-state index contributed by atoms with van der Waals surface area (Å²) in [6, 6.07) is 10.7. The molecule has 9 nitrogen and oxygen atoms in total. The number of benzene rings is 2. The molecule has 5 N–H and O–H groups in total. The van der Waals surface area contributed by atoms with Crippen molar-refractivity contribution in [3.05, 3.63) is 119 Å². The van der Waals surface area contributed by atoms with Crippen LogP contribution in [0.4, 0.5) is 0 Å². The molecule has 0 spiro atoms. The Kier molecular flexibility index (Phi) is 7.29. The highest BCUT2D eigenvalue weighted by molar-refractivity contribution is 5.79. The zero-order chi connectivity index (χ0) is 28.4. The van der Waals surface area contributed by atoms with E-state index in [-0.39, 0.29) is 16.7 Å². The van der Waals surface area contributed by atoms with Crippen molar-refractivity contribution in [3.63, 3.8) is 0 Å². The molecule has 0 bridgehead atoms. The molecule has 0 aliphatic rings. The van der Waals surface area contributed by atoms with Gasteiger partial charge in [-0.2, -0.15) is 0 Å². The minimum atomic E-state index is -0.794. The van der Waals surface area contributed by atoms with Crippen LogP contribution in [0.15, 0.2) is 68.7 Å². The van der Waals surface area contributed by atoms with Gasteiger partial charge in [-0.15, -0.1) is 5.73 Å². The van der Waals surface area contributed by atoms with E-state index in [2.05, 4.69) is 15.7 Å². The summed E-state index contributed by atoms with van der Waals surface area (Å²) in [5.74, 6) is -1.46. The lowest BCUT2D eigenvalue weighted by atomic mass is 9.97. The number of allylic oxidation sites excluding steroid dienone is 2. The smallest absolute Gasteiger partial charge is 0.335 e. The first-order chi connectivity index (χ1) is 18.5. The van der Waals surface area contributed by atoms with Crippen LogP contribution in [0.1, 0.15) is 33.4 Å². The number of nitrogens with zero attached hydrogens (tertiary/aromatic N) is 1. The molecule has 0 atom stereocenters. The first-order valence-electron chi connectivity index (χ1n) is 12.0. The van der Waals surface area contributed by atoms with E-state index < -0.39 is 34.3 Å². The Morgan fingerprint density at radius 1 is 0.821 bits per heavy atom. The minimum absolute atomic E-state index is 0.0216. The van der Waals surface area contributed by atoms with E-state index >= 15 is 0 Å². The molecule has 0 aliphatic carbocycles. The van der Waals surface area contributed by atoms with Crippen LogP contribution in [0, 0.1) is 27.7 Å². The second-order valence-corrected chi connectivity index (χ2v) is 9.22. The van der Waals surface area contributed by atoms with Gasteiger partial charge < -0.3 is 15.3 Å². The number of rotatable bonds is 5. The highest BCUT2D eigenvalue weighted by atomic mass is 16.3. The Morgan fingerprint density at radius 3 is 2.15 bits per heavy atom. The topological polar surface area (TPSA) is 148 Å². The Balaban J connectivity index is 1.72. The number of aryl methyl sites for hydroxylation is 4. The van der Waals surface area contributed by atoms with Crippen molar-refractivity contribution in [1.82, 2.24) is 14.5 Å². The van der Waals surface area contributed by atoms with Crippen LogP contribution in [0.3, 0.4) is 0 Å². The molecule has 39 heavy (non-hydrogen) atoms. The first kappa shape index (κ1) is 26.8. The van der Waals surface area contributed by atoms with Crippen molar-refractivity contribution in [2.75, 3.05) is 0 Å². The van der Waals surface area contributed by atoms with Gasteiger partial charge in [0.05, 0.1) is 16.8 Å². The Bertz CT molecular complexity index is 1880. The quantitative estimate of drug-likeness (QED) is 0.196. The molecule has 0 unspecified atom stereocenters. The Hall–Kier alpha value is -5.27. The summed E-state index contributed by atoms with van der Waals surface area (Å²) in [5.41, 5.74) is 4.75. The summed E-state index contributed by atoms with van der Waals surface area (Å²) < 4.78 is 1.00. The van der Waals surface area contributed by atoms with Gasteiger partial charge >= 0.3 is 5.69 Å². The van der Waals surface area contributed by atoms with Gasteiger partial charge in [0, 0.05) is 0 Å². The number of hydrogen-bond donors (Lipinski definition) is 5. The second-order valence-electron chi connectivity index (χ2n) is 9.22. The summed E-state index contributed by atoms with van der Waals surface area (Å²) in [5, 5.41) is 31.8. The van der Waals surface area contributed by atoms with Gasteiger partial charge in [0.2, 0.25) is 11.8 Å². The number of nitrogens with one attached hydrogen (secondary N) is 2. The number of hydrogen-bond acceptors (Lipinski definition) is 6. The average Bonchev–Trinajstić information content (AvgIpc) is 2.84. The van der Waals surface area contributed by atoms with Crippen LogP contribution < -0.4 is 16.8 Å². The van der Waals surface area contributed by atoms with E-state index in [4.69, 9.17) is 0 Å². The van der Waals surface area contributed by atoms with Crippen molar-refractivity contribution < 1.29 is 15.3 Å². The third kappa shape index (κ3) is 5.25. The van der Waals surface area contributed by atoms with Crippen molar-refractivity contribution in [2.45, 2.75) is 27.7 Å². The van der Waals surface area contributed by atoms with Crippen LogP contribution >= 0.6 is 0 Å². The van der Waals surface area contributed by atoms with Crippen molar-refractivity contribution in [1.29, 1.82) is 0 Å². The van der Waals surface area contributed by atoms with Crippen molar-refractivity contribution >= 4 is 12.2 Å². The molecule has 0 amide bonds. The zero-order valence-electron chi connectivity index (χ0n) is 21.8. The highest BCUT2D eigenvalue weighted by Gasteiger charge is 2.18. The van der Waals surface area contributed by atoms with Gasteiger partial charge in [-0.25, -0.2) is 9.36 Å². The highest BCUT2D eigenvalue weighted by Crippen LogP contribution is 2.35. The van der Waals surface area contributed by atoms with Gasteiger partial charge in [0.25, 0.3) is 11.1 Å². The molecule has 2 heterocycles. The molecule has 0 radical (unpaired) electrons. The fourth-order valence-electron chi connectivity index (χ4n) is 4.37. The third-order valence-corrected chi connectivity index (χ3v) is 6.25. The van der Waals surface area contributed by atoms with Crippen LogP contribution in [0.2, 0.25) is 0 Å². The molecule has 2 aromatic carbocycles. The number of H-pyrrole nitrogens is 2. The fraction of sp³-hybridized carbons (Fsp3) is 0.133. The lowest BCUT2D eigenvalue weighted by molar-refractivity contribution is 0.429. The predicted octanol–water partition coefficient (Wildman–Crippen LogP) is 4.11. The number of aromatic nitrogens is 3. The lowest BCUT2D eigenvalue weighted by Gasteiger charge is -2.12. The van der Waals surface area contributed by atoms with E-state index in [9.17, 15) is 29.7 Å². The van der Waals surface area contributed by atoms with Crippen LogP contribution in [-0.4, -0.2) is 29.9 Å². The van der Waals surface area contributed by atoms with E-state index in [0.29, 0.717) is 11.3 Å². The predicted molar refractivity (Wildman–Crippen MR) is 151 cm³/mol. The van der Waals surface area contributed by atoms with Crippen LogP contribution in [0.25, 0.3) is 29.0 Å². The SMILES string of the molecule is Cc1ccc(-c2c(O)c(C=CC=C=Cc3c(O)n(-c4ccc(C)cc4C)c(=O)[nH]c3=O)c(O)[nH]c2=O)c(C)c1. The molecule has 198 valence electrons. The normalized spacial score (nSPS) is 11.0. The molecule has 4 aromatic rings. The van der Waals surface area contributed by atoms with Gasteiger partial charge in [-0.05, 0) is 68.7 Å². The van der Waals surface area contributed by atoms with Crippen LogP contribution in [-0.2, 0) is 0 Å². The summed E-state index contributed by atoms with van der Waals surface area (Å²) in [6.45, 7) is 7.41. The molecule has 2 aromatic heterocycles. The Labute approximate surface area is 223 Å². The first-order valence-corrected chi connectivity index (χ1v) is 12.0. The fourth-order valence-corrected chi connectivity index (χ4v) is 4.37. The van der Waals surface area contributed by atoms with E-state index in [1.54, 1.807) is 25.1 Å². The largest absolute Gasteiger partial charge is 0.506 e. The third-order valence-electron chi connectivity index (χ3n) is 6.25. The monoisotopic (exact) mass is 525 g/mol. The maximum Gasteiger partial charge on any atom is 0.335 e. The van der Waals surface area contributed by atoms with Gasteiger partial charge in [0.15, 0.2) is 0 Å². The molecule has 0 saturated heterocycles. The number of aromatic hydroxyl groups is 3. The molecule has 0 aliphatic heterocycles. The average molecular weight is 526 g/mol. The number of aromatic amines is 2. The molecular weight excluding hydrogens is 498 g/mol. The van der Waals surface area contributed by atoms with Gasteiger partial charge in [0.1, 0.15) is 11.3 Å². The summed E-state index contributed by atoms with van der Waals surface area (Å²) in [7, 11) is 0. The molecule has 9 heteroatoms. The van der Waals surface area contributed by atoms with Crippen molar-refractivity contribution in [2.24, 2.45) is 0 Å². The maximum absolute atomic E-state index is 12.5. The van der Waals surface area contributed by atoms with Crippen LogP contribution in [0.5, 0.6) is 17.5 Å². The number of pyridine rings is 1. The summed E-state index contributed by atoms with van der Waals surface area (Å²) >= 11 is 0. The van der Waals surface area contributed by atoms with Gasteiger partial charge in [-0.1, -0.05) is 47.5 Å². The lowest BCUT2D eigenvalue weighted by Crippen LogP contribution is -2.30. The Morgan fingerprint density at radius 2 is 1.49 bits per heavy atom. The minimum Gasteiger partial charge on any atom is -0.506 e. The summed E-state index contributed by atoms with van der Waals surface area (Å²) in [6.07, 6.45) is 5.34. The van der Waals surface area contributed by atoms with E-state index in [1.165, 1.54) is 24.3 Å². The van der Waals surface area contributed by atoms with Crippen molar-refractivity contribution in [3.8, 4) is 34.3 Å². The van der Waals surface area contributed by atoms with Gasteiger partial charge in [-0.3, -0.25) is 19.6 Å².